The van der Waals surface area contributed by atoms with Crippen LogP contribution in [0.15, 0.2) is 77.7 Å². The average Bonchev–Trinajstić information content (AvgIpc) is 2.83. The molecule has 0 aliphatic carbocycles. The zero-order valence-corrected chi connectivity index (χ0v) is 21.5. The molecule has 1 aromatic heterocycles. The molecule has 1 unspecified atom stereocenters. The fourth-order valence-corrected chi connectivity index (χ4v) is 5.53. The third-order valence-corrected chi connectivity index (χ3v) is 7.51. The van der Waals surface area contributed by atoms with Crippen LogP contribution >= 0.6 is 0 Å². The first-order valence-electron chi connectivity index (χ1n) is 11.8. The van der Waals surface area contributed by atoms with Crippen LogP contribution in [0.5, 0.6) is 0 Å². The molecule has 0 radical (unpaired) electrons. The van der Waals surface area contributed by atoms with Crippen LogP contribution in [0.3, 0.4) is 0 Å². The van der Waals surface area contributed by atoms with E-state index in [0.717, 1.165) is 15.4 Å². The zero-order valence-electron chi connectivity index (χ0n) is 20.7. The van der Waals surface area contributed by atoms with Crippen molar-refractivity contribution in [1.29, 1.82) is 0 Å². The highest BCUT2D eigenvalue weighted by molar-refractivity contribution is 7.89. The van der Waals surface area contributed by atoms with Crippen LogP contribution in [0, 0.1) is 13.8 Å². The topological polar surface area (TPSA) is 120 Å². The third-order valence-electron chi connectivity index (χ3n) is 5.69. The molecule has 1 amide bonds. The van der Waals surface area contributed by atoms with Gasteiger partial charge in [0.15, 0.2) is 0 Å². The van der Waals surface area contributed by atoms with E-state index in [9.17, 15) is 23.4 Å². The summed E-state index contributed by atoms with van der Waals surface area (Å²) in [5.41, 5.74) is 2.51. The van der Waals surface area contributed by atoms with Crippen LogP contribution < -0.4 is 5.32 Å². The Kier molecular flexibility index (Phi) is 9.33. The molecule has 0 fully saturated rings. The van der Waals surface area contributed by atoms with E-state index in [4.69, 9.17) is 0 Å². The summed E-state index contributed by atoms with van der Waals surface area (Å²) in [5.74, 6) is -0.470. The summed E-state index contributed by atoms with van der Waals surface area (Å²) < 4.78 is 27.9. The van der Waals surface area contributed by atoms with Crippen molar-refractivity contribution in [1.82, 2.24) is 14.6 Å². The number of amides is 1. The van der Waals surface area contributed by atoms with Gasteiger partial charge in [0.1, 0.15) is 5.69 Å². The molecule has 3 aromatic rings. The van der Waals surface area contributed by atoms with Gasteiger partial charge in [-0.15, -0.1) is 0 Å². The van der Waals surface area contributed by atoms with Crippen molar-refractivity contribution in [2.75, 3.05) is 13.1 Å². The second kappa shape index (κ2) is 12.2. The minimum absolute atomic E-state index is 0.0722. The number of aliphatic hydroxyl groups excluding tert-OH is 2. The second-order valence-corrected chi connectivity index (χ2v) is 10.9. The van der Waals surface area contributed by atoms with Crippen LogP contribution in [0.2, 0.25) is 0 Å². The number of aryl methyl sites for hydroxylation is 2. The maximum atomic E-state index is 13.4. The lowest BCUT2D eigenvalue weighted by Gasteiger charge is -2.30. The summed E-state index contributed by atoms with van der Waals surface area (Å²) >= 11 is 0. The molecule has 0 saturated carbocycles. The first-order valence-corrected chi connectivity index (χ1v) is 13.2. The number of pyridine rings is 1. The Morgan fingerprint density at radius 1 is 0.972 bits per heavy atom. The summed E-state index contributed by atoms with van der Waals surface area (Å²) in [7, 11) is -4.02. The smallest absolute Gasteiger partial charge is 0.270 e. The molecule has 3 atom stereocenters. The monoisotopic (exact) mass is 511 g/mol. The Labute approximate surface area is 212 Å². The average molecular weight is 512 g/mol. The Morgan fingerprint density at radius 3 is 2.31 bits per heavy atom. The molecule has 1 heterocycles. The van der Waals surface area contributed by atoms with Crippen molar-refractivity contribution in [3.8, 4) is 0 Å². The van der Waals surface area contributed by atoms with Gasteiger partial charge in [0.05, 0.1) is 23.1 Å². The minimum Gasteiger partial charge on any atom is -0.392 e. The van der Waals surface area contributed by atoms with Crippen molar-refractivity contribution >= 4 is 15.9 Å². The predicted octanol–water partition coefficient (Wildman–Crippen LogP) is 2.47. The molecule has 0 spiro atoms. The highest BCUT2D eigenvalue weighted by Gasteiger charge is 2.32. The number of rotatable bonds is 11. The quantitative estimate of drug-likeness (QED) is 0.364. The standard InChI is InChI=1S/C27H33N3O5S/c1-19-9-7-13-23(15-19)36(34,35)30(17-21(3)31)18-26(32)25(16-22-11-5-4-6-12-22)29-27(33)24-14-8-10-20(2)28-24/h4-15,21,25-26,31-32H,16-18H2,1-3H3,(H,29,33)/t21?,25-,26+/m0/s1. The van der Waals surface area contributed by atoms with Crippen LogP contribution in [0.4, 0.5) is 0 Å². The molecule has 0 saturated heterocycles. The molecule has 36 heavy (non-hydrogen) atoms. The van der Waals surface area contributed by atoms with Gasteiger partial charge in [-0.2, -0.15) is 4.31 Å². The molecule has 0 aliphatic rings. The number of hydrogen-bond acceptors (Lipinski definition) is 6. The Hall–Kier alpha value is -3.11. The summed E-state index contributed by atoms with van der Waals surface area (Å²) in [6.45, 7) is 4.52. The fourth-order valence-electron chi connectivity index (χ4n) is 3.89. The summed E-state index contributed by atoms with van der Waals surface area (Å²) in [6.07, 6.45) is -1.96. The van der Waals surface area contributed by atoms with E-state index in [1.54, 1.807) is 50.2 Å². The number of aromatic nitrogens is 1. The molecule has 2 aromatic carbocycles. The number of hydrogen-bond donors (Lipinski definition) is 3. The first kappa shape index (κ1) is 27.5. The maximum absolute atomic E-state index is 13.4. The lowest BCUT2D eigenvalue weighted by atomic mass is 10.0. The van der Waals surface area contributed by atoms with E-state index >= 15 is 0 Å². The van der Waals surface area contributed by atoms with Gasteiger partial charge in [-0.05, 0) is 62.6 Å². The minimum atomic E-state index is -4.02. The van der Waals surface area contributed by atoms with E-state index in [1.807, 2.05) is 30.3 Å². The van der Waals surface area contributed by atoms with Crippen molar-refractivity contribution in [3.63, 3.8) is 0 Å². The summed E-state index contributed by atoms with van der Waals surface area (Å²) in [5, 5.41) is 24.1. The van der Waals surface area contributed by atoms with Gasteiger partial charge in [-0.1, -0.05) is 48.5 Å². The van der Waals surface area contributed by atoms with E-state index in [2.05, 4.69) is 10.3 Å². The van der Waals surface area contributed by atoms with Crippen molar-refractivity contribution in [2.45, 2.75) is 50.3 Å². The van der Waals surface area contributed by atoms with Gasteiger partial charge in [0.2, 0.25) is 10.0 Å². The molecule has 192 valence electrons. The highest BCUT2D eigenvalue weighted by Crippen LogP contribution is 2.19. The lowest BCUT2D eigenvalue weighted by molar-refractivity contribution is 0.0728. The predicted molar refractivity (Wildman–Crippen MR) is 138 cm³/mol. The van der Waals surface area contributed by atoms with Gasteiger partial charge in [-0.25, -0.2) is 13.4 Å². The molecule has 3 N–H and O–H groups in total. The molecule has 9 heteroatoms. The largest absolute Gasteiger partial charge is 0.392 e. The van der Waals surface area contributed by atoms with Gasteiger partial charge in [0.25, 0.3) is 5.91 Å². The second-order valence-electron chi connectivity index (χ2n) is 8.99. The number of aliphatic hydroxyl groups is 2. The molecular weight excluding hydrogens is 478 g/mol. The van der Waals surface area contributed by atoms with E-state index in [0.29, 0.717) is 5.69 Å². The van der Waals surface area contributed by atoms with Crippen molar-refractivity contribution in [3.05, 3.63) is 95.3 Å². The number of nitrogens with one attached hydrogen (secondary N) is 1. The lowest BCUT2D eigenvalue weighted by Crippen LogP contribution is -2.51. The van der Waals surface area contributed by atoms with Gasteiger partial charge >= 0.3 is 0 Å². The molecule has 0 aliphatic heterocycles. The van der Waals surface area contributed by atoms with Crippen molar-refractivity contribution in [2.24, 2.45) is 0 Å². The zero-order chi connectivity index (χ0) is 26.3. The van der Waals surface area contributed by atoms with Crippen LogP contribution in [0.1, 0.15) is 34.2 Å². The van der Waals surface area contributed by atoms with Crippen LogP contribution in [-0.4, -0.2) is 65.2 Å². The Morgan fingerprint density at radius 2 is 1.67 bits per heavy atom. The Balaban J connectivity index is 1.89. The van der Waals surface area contributed by atoms with Gasteiger partial charge < -0.3 is 15.5 Å². The summed E-state index contributed by atoms with van der Waals surface area (Å²) in [4.78, 5) is 17.3. The molecule has 0 bridgehead atoms. The molecular formula is C27H33N3O5S. The van der Waals surface area contributed by atoms with Gasteiger partial charge in [0, 0.05) is 18.8 Å². The number of sulfonamides is 1. The molecule has 8 nitrogen and oxygen atoms in total. The van der Waals surface area contributed by atoms with E-state index < -0.39 is 34.2 Å². The number of carbonyl (C=O) groups is 1. The SMILES string of the molecule is Cc1cccc(S(=O)(=O)N(CC(C)O)C[C@@H](O)[C@H](Cc2ccccc2)NC(=O)c2cccc(C)n2)c1. The fraction of sp³-hybridized carbons (Fsp3) is 0.333. The number of carbonyl (C=O) groups excluding carboxylic acids is 1. The first-order chi connectivity index (χ1) is 17.1. The number of benzene rings is 2. The van der Waals surface area contributed by atoms with E-state index in [1.165, 1.54) is 13.0 Å². The molecule has 3 rings (SSSR count). The Bertz CT molecular complexity index is 1270. The highest BCUT2D eigenvalue weighted by atomic mass is 32.2. The summed E-state index contributed by atoms with van der Waals surface area (Å²) in [6, 6.07) is 20.0. The number of nitrogens with zero attached hydrogens (tertiary/aromatic N) is 2. The van der Waals surface area contributed by atoms with Crippen molar-refractivity contribution < 1.29 is 23.4 Å². The van der Waals surface area contributed by atoms with Gasteiger partial charge in [-0.3, -0.25) is 4.79 Å². The van der Waals surface area contributed by atoms with Crippen LogP contribution in [-0.2, 0) is 16.4 Å². The van der Waals surface area contributed by atoms with Crippen LogP contribution in [0.25, 0.3) is 0 Å². The van der Waals surface area contributed by atoms with E-state index in [-0.39, 0.29) is 30.1 Å². The normalized spacial score (nSPS) is 14.3. The maximum Gasteiger partial charge on any atom is 0.270 e. The third kappa shape index (κ3) is 7.44.